The van der Waals surface area contributed by atoms with Gasteiger partial charge >= 0.3 is 0 Å². The molecule has 0 unspecified atom stereocenters. The molecule has 1 heterocycles. The number of hydrogen-bond acceptors (Lipinski definition) is 3. The van der Waals surface area contributed by atoms with Gasteiger partial charge in [-0.25, -0.2) is 9.29 Å². The van der Waals surface area contributed by atoms with Crippen molar-refractivity contribution in [3.8, 4) is 0 Å². The smallest absolute Gasteiger partial charge is 0.282 e. The molecule has 0 saturated carbocycles. The first kappa shape index (κ1) is 19.7. The van der Waals surface area contributed by atoms with Gasteiger partial charge in [0.05, 0.1) is 11.3 Å². The average Bonchev–Trinajstić information content (AvgIpc) is 3.04. The second kappa shape index (κ2) is 7.78. The number of carbonyl (C=O) groups is 2. The van der Waals surface area contributed by atoms with Gasteiger partial charge in [-0.2, -0.15) is 0 Å². The minimum atomic E-state index is -0.635. The van der Waals surface area contributed by atoms with Crippen LogP contribution in [0.25, 0.3) is 16.3 Å². The fourth-order valence-electron chi connectivity index (χ4n) is 3.95. The molecule has 0 aromatic heterocycles. The summed E-state index contributed by atoms with van der Waals surface area (Å²) in [5, 5.41) is 5.10. The number of fused-ring (bicyclic) bond motifs is 1. The molecule has 4 aromatic carbocycles. The van der Waals surface area contributed by atoms with Crippen molar-refractivity contribution in [2.75, 3.05) is 10.2 Å². The predicted molar refractivity (Wildman–Crippen MR) is 125 cm³/mol. The summed E-state index contributed by atoms with van der Waals surface area (Å²) in [5.41, 5.74) is 2.59. The number of rotatable bonds is 4. The molecule has 0 atom stereocenters. The van der Waals surface area contributed by atoms with Crippen LogP contribution in [0.2, 0.25) is 0 Å². The summed E-state index contributed by atoms with van der Waals surface area (Å²) in [4.78, 5) is 27.8. The molecular formula is C27H19FN2O2. The van der Waals surface area contributed by atoms with Crippen molar-refractivity contribution in [3.05, 3.63) is 114 Å². The highest BCUT2D eigenvalue weighted by molar-refractivity contribution is 6.46. The monoisotopic (exact) mass is 422 g/mol. The number of anilines is 2. The third-order valence-corrected chi connectivity index (χ3v) is 5.57. The first-order valence-corrected chi connectivity index (χ1v) is 10.2. The molecule has 0 radical (unpaired) electrons. The SMILES string of the molecule is Cc1ccc(C2=C(Nc3cccc4ccccc34)C(=O)N(c3ccccc3F)C2=O)cc1. The Kier molecular flexibility index (Phi) is 4.79. The lowest BCUT2D eigenvalue weighted by molar-refractivity contribution is -0.120. The number of nitrogens with zero attached hydrogens (tertiary/aromatic N) is 1. The van der Waals surface area contributed by atoms with Crippen LogP contribution >= 0.6 is 0 Å². The van der Waals surface area contributed by atoms with E-state index in [0.717, 1.165) is 21.2 Å². The molecule has 0 saturated heterocycles. The number of benzene rings is 4. The molecule has 32 heavy (non-hydrogen) atoms. The van der Waals surface area contributed by atoms with Gasteiger partial charge in [-0.15, -0.1) is 0 Å². The summed E-state index contributed by atoms with van der Waals surface area (Å²) in [7, 11) is 0. The fraction of sp³-hybridized carbons (Fsp3) is 0.0370. The molecule has 0 spiro atoms. The van der Waals surface area contributed by atoms with Crippen LogP contribution in [0.5, 0.6) is 0 Å². The topological polar surface area (TPSA) is 49.4 Å². The lowest BCUT2D eigenvalue weighted by Gasteiger charge is -2.16. The van der Waals surface area contributed by atoms with Crippen LogP contribution in [-0.4, -0.2) is 11.8 Å². The number of para-hydroxylation sites is 1. The van der Waals surface area contributed by atoms with E-state index in [1.807, 2.05) is 61.5 Å². The molecule has 4 nitrogen and oxygen atoms in total. The van der Waals surface area contributed by atoms with E-state index in [9.17, 15) is 14.0 Å². The van der Waals surface area contributed by atoms with Crippen molar-refractivity contribution in [1.82, 2.24) is 0 Å². The molecule has 1 aliphatic heterocycles. The lowest BCUT2D eigenvalue weighted by atomic mass is 10.0. The molecule has 2 amide bonds. The standard InChI is InChI=1S/C27H19FN2O2/c1-17-13-15-19(16-14-17)24-25(29-22-11-6-8-18-7-2-3-9-20(18)22)27(32)30(26(24)31)23-12-5-4-10-21(23)28/h2-16,29H,1H3. The number of imide groups is 1. The predicted octanol–water partition coefficient (Wildman–Crippen LogP) is 5.68. The lowest BCUT2D eigenvalue weighted by Crippen LogP contribution is -2.33. The van der Waals surface area contributed by atoms with E-state index in [0.29, 0.717) is 11.3 Å². The van der Waals surface area contributed by atoms with Gasteiger partial charge in [0, 0.05) is 11.1 Å². The van der Waals surface area contributed by atoms with Crippen molar-refractivity contribution in [3.63, 3.8) is 0 Å². The Labute approximate surface area is 184 Å². The molecule has 156 valence electrons. The maximum Gasteiger partial charge on any atom is 0.282 e. The molecular weight excluding hydrogens is 403 g/mol. The highest BCUT2D eigenvalue weighted by Gasteiger charge is 2.41. The van der Waals surface area contributed by atoms with Gasteiger partial charge in [-0.1, -0.05) is 78.4 Å². The summed E-state index contributed by atoms with van der Waals surface area (Å²) in [6.07, 6.45) is 0. The highest BCUT2D eigenvalue weighted by Crippen LogP contribution is 2.36. The van der Waals surface area contributed by atoms with Crippen LogP contribution in [-0.2, 0) is 9.59 Å². The summed E-state index contributed by atoms with van der Waals surface area (Å²) in [6, 6.07) is 26.6. The number of nitrogens with one attached hydrogen (secondary N) is 1. The Hall–Kier alpha value is -4.25. The summed E-state index contributed by atoms with van der Waals surface area (Å²) >= 11 is 0. The van der Waals surface area contributed by atoms with Crippen molar-refractivity contribution in [2.24, 2.45) is 0 Å². The molecule has 0 aliphatic carbocycles. The number of halogens is 1. The summed E-state index contributed by atoms with van der Waals surface area (Å²) in [5.74, 6) is -1.79. The van der Waals surface area contributed by atoms with E-state index in [2.05, 4.69) is 5.32 Å². The number of amides is 2. The molecule has 4 aromatic rings. The number of aryl methyl sites for hydroxylation is 1. The largest absolute Gasteiger partial charge is 0.350 e. The van der Waals surface area contributed by atoms with Crippen LogP contribution in [0, 0.1) is 12.7 Å². The molecule has 5 rings (SSSR count). The quantitative estimate of drug-likeness (QED) is 0.430. The Morgan fingerprint density at radius 1 is 0.750 bits per heavy atom. The maximum atomic E-state index is 14.5. The van der Waals surface area contributed by atoms with Gasteiger partial charge in [-0.3, -0.25) is 9.59 Å². The van der Waals surface area contributed by atoms with Crippen LogP contribution in [0.3, 0.4) is 0 Å². The number of hydrogen-bond donors (Lipinski definition) is 1. The second-order valence-corrected chi connectivity index (χ2v) is 7.66. The van der Waals surface area contributed by atoms with E-state index >= 15 is 0 Å². The zero-order chi connectivity index (χ0) is 22.2. The van der Waals surface area contributed by atoms with Crippen LogP contribution in [0.1, 0.15) is 11.1 Å². The van der Waals surface area contributed by atoms with Crippen molar-refractivity contribution < 1.29 is 14.0 Å². The first-order valence-electron chi connectivity index (χ1n) is 10.2. The fourth-order valence-corrected chi connectivity index (χ4v) is 3.95. The van der Waals surface area contributed by atoms with E-state index in [-0.39, 0.29) is 17.0 Å². The molecule has 1 aliphatic rings. The van der Waals surface area contributed by atoms with Crippen molar-refractivity contribution in [2.45, 2.75) is 6.92 Å². The molecule has 0 bridgehead atoms. The molecule has 5 heteroatoms. The normalized spacial score (nSPS) is 13.9. The average molecular weight is 422 g/mol. The third kappa shape index (κ3) is 3.24. The van der Waals surface area contributed by atoms with Gasteiger partial charge in [0.2, 0.25) is 0 Å². The van der Waals surface area contributed by atoms with Crippen molar-refractivity contribution in [1.29, 1.82) is 0 Å². The highest BCUT2D eigenvalue weighted by atomic mass is 19.1. The second-order valence-electron chi connectivity index (χ2n) is 7.66. The Balaban J connectivity index is 1.68. The van der Waals surface area contributed by atoms with E-state index in [1.165, 1.54) is 18.2 Å². The van der Waals surface area contributed by atoms with Crippen LogP contribution < -0.4 is 10.2 Å². The van der Waals surface area contributed by atoms with E-state index in [1.54, 1.807) is 18.2 Å². The Morgan fingerprint density at radius 3 is 2.22 bits per heavy atom. The maximum absolute atomic E-state index is 14.5. The van der Waals surface area contributed by atoms with E-state index in [4.69, 9.17) is 0 Å². The zero-order valence-electron chi connectivity index (χ0n) is 17.3. The molecule has 0 fully saturated rings. The van der Waals surface area contributed by atoms with Gasteiger partial charge in [0.1, 0.15) is 11.5 Å². The number of carbonyl (C=O) groups excluding carboxylic acids is 2. The minimum Gasteiger partial charge on any atom is -0.350 e. The van der Waals surface area contributed by atoms with Gasteiger partial charge in [0.25, 0.3) is 11.8 Å². The van der Waals surface area contributed by atoms with Crippen LogP contribution in [0.15, 0.2) is 96.7 Å². The van der Waals surface area contributed by atoms with Gasteiger partial charge < -0.3 is 5.32 Å². The Bertz CT molecular complexity index is 1400. The van der Waals surface area contributed by atoms with Crippen molar-refractivity contribution >= 4 is 39.5 Å². The van der Waals surface area contributed by atoms with Gasteiger partial charge in [-0.05, 0) is 36.1 Å². The molecule has 1 N–H and O–H groups in total. The third-order valence-electron chi connectivity index (χ3n) is 5.57. The zero-order valence-corrected chi connectivity index (χ0v) is 17.3. The van der Waals surface area contributed by atoms with Gasteiger partial charge in [0.15, 0.2) is 0 Å². The van der Waals surface area contributed by atoms with E-state index < -0.39 is 17.6 Å². The van der Waals surface area contributed by atoms with Crippen LogP contribution in [0.4, 0.5) is 15.8 Å². The first-order chi connectivity index (χ1) is 15.5. The minimum absolute atomic E-state index is 0.0677. The Morgan fingerprint density at radius 2 is 1.44 bits per heavy atom. The summed E-state index contributed by atoms with van der Waals surface area (Å²) in [6.45, 7) is 1.95. The summed E-state index contributed by atoms with van der Waals surface area (Å²) < 4.78 is 14.5.